The van der Waals surface area contributed by atoms with E-state index < -0.39 is 0 Å². The fourth-order valence-corrected chi connectivity index (χ4v) is 0.440. The van der Waals surface area contributed by atoms with E-state index in [1.165, 1.54) is 0 Å². The van der Waals surface area contributed by atoms with Gasteiger partial charge in [0.15, 0.2) is 0 Å². The molecule has 0 radical (unpaired) electrons. The van der Waals surface area contributed by atoms with E-state index in [4.69, 9.17) is 6.42 Å². The van der Waals surface area contributed by atoms with Gasteiger partial charge in [0.05, 0.1) is 0 Å². The monoisotopic (exact) mass is 166 g/mol. The molecule has 0 heterocycles. The summed E-state index contributed by atoms with van der Waals surface area (Å²) in [7, 11) is 0. The summed E-state index contributed by atoms with van der Waals surface area (Å²) in [5.74, 6) is 2.33. The van der Waals surface area contributed by atoms with Crippen molar-refractivity contribution >= 4 is 23.1 Å². The van der Waals surface area contributed by atoms with Gasteiger partial charge in [-0.05, 0) is 19.3 Å². The van der Waals surface area contributed by atoms with Crippen molar-refractivity contribution in [3.05, 3.63) is 18.6 Å². The zero-order chi connectivity index (χ0) is 6.24. The number of halogens is 1. The Balaban J connectivity index is -0.000000245. The minimum Gasteiger partial charge on any atom is -1.00 e. The van der Waals surface area contributed by atoms with Crippen molar-refractivity contribution in [1.29, 1.82) is 0 Å². The molecule has 0 amide bonds. The molecule has 52 valence electrons. The van der Waals surface area contributed by atoms with Gasteiger partial charge in [0.25, 0.3) is 0 Å². The normalized spacial score (nSPS) is 7.60. The summed E-state index contributed by atoms with van der Waals surface area (Å²) in [5, 5.41) is 0. The van der Waals surface area contributed by atoms with E-state index in [0.717, 1.165) is 19.3 Å². The van der Waals surface area contributed by atoms with Crippen molar-refractivity contribution in [2.24, 2.45) is 0 Å². The van der Waals surface area contributed by atoms with E-state index in [2.05, 4.69) is 25.0 Å². The Hall–Kier alpha value is 0.356. The Morgan fingerprint density at radius 2 is 2.00 bits per heavy atom. The Bertz CT molecular complexity index is 102. The van der Waals surface area contributed by atoms with E-state index in [1.54, 1.807) is 0 Å². The maximum Gasteiger partial charge on any atom is 2.00 e. The van der Waals surface area contributed by atoms with Gasteiger partial charge in [-0.2, -0.15) is 0 Å². The van der Waals surface area contributed by atoms with Crippen molar-refractivity contribution in [3.63, 3.8) is 0 Å². The fraction of sp³-hybridized carbons (Fsp3) is 0.500. The van der Waals surface area contributed by atoms with Crippen LogP contribution in [0.1, 0.15) is 26.2 Å². The molecule has 0 aliphatic heterocycles. The third kappa shape index (κ3) is 15.8. The first-order chi connectivity index (χ1) is 3.91. The number of hydrogen-bond donors (Lipinski definition) is 0. The molecule has 0 N–H and O–H groups in total. The molecule has 2 heteroatoms. The first kappa shape index (κ1) is 16.8. The van der Waals surface area contributed by atoms with Crippen molar-refractivity contribution in [1.82, 2.24) is 0 Å². The fourth-order valence-electron chi connectivity index (χ4n) is 0.440. The van der Waals surface area contributed by atoms with Gasteiger partial charge in [0.2, 0.25) is 0 Å². The van der Waals surface area contributed by atoms with E-state index in [9.17, 15) is 0 Å². The smallest absolute Gasteiger partial charge is 1.00 e. The molecule has 0 aromatic carbocycles. The molecule has 0 atom stereocenters. The molecule has 0 saturated carbocycles. The van der Waals surface area contributed by atoms with Gasteiger partial charge in [-0.15, -0.1) is 0 Å². The maximum atomic E-state index is 6.55. The zero-order valence-corrected chi connectivity index (χ0v) is 8.53. The van der Waals surface area contributed by atoms with Gasteiger partial charge in [-0.1, -0.05) is 19.1 Å². The number of allylic oxidation sites excluding steroid dienone is 2. The van der Waals surface area contributed by atoms with Gasteiger partial charge >= 0.3 is 23.1 Å². The predicted molar refractivity (Wildman–Crippen MR) is 41.6 cm³/mol. The second kappa shape index (κ2) is 16.2. The van der Waals surface area contributed by atoms with Crippen molar-refractivity contribution in [3.8, 4) is 5.92 Å². The molecule has 0 aliphatic rings. The summed E-state index contributed by atoms with van der Waals surface area (Å²) in [4.78, 5) is 0. The van der Waals surface area contributed by atoms with Crippen LogP contribution >= 0.6 is 0 Å². The molecule has 0 unspecified atom stereocenters. The number of unbranched alkanes of at least 4 members (excludes halogenated alkanes) is 1. The second-order valence-electron chi connectivity index (χ2n) is 1.60. The van der Waals surface area contributed by atoms with Crippen LogP contribution in [0.3, 0.4) is 0 Å². The molecule has 0 rings (SSSR count). The van der Waals surface area contributed by atoms with Crippen LogP contribution in [-0.2, 0) is 0 Å². The van der Waals surface area contributed by atoms with Crippen LogP contribution in [0.25, 0.3) is 0 Å². The summed E-state index contributed by atoms with van der Waals surface area (Å²) >= 11 is 0. The van der Waals surface area contributed by atoms with Crippen molar-refractivity contribution in [2.75, 3.05) is 0 Å². The Morgan fingerprint density at radius 3 is 2.40 bits per heavy atom. The molecule has 0 aromatic heterocycles. The van der Waals surface area contributed by atoms with E-state index in [1.807, 2.05) is 0 Å². The van der Waals surface area contributed by atoms with E-state index >= 15 is 0 Å². The largest absolute Gasteiger partial charge is 2.00 e. The van der Waals surface area contributed by atoms with Crippen LogP contribution in [0.15, 0.2) is 12.2 Å². The zero-order valence-electron chi connectivity index (χ0n) is 6.36. The summed E-state index contributed by atoms with van der Waals surface area (Å²) in [5.41, 5.74) is 0. The van der Waals surface area contributed by atoms with Crippen LogP contribution < -0.4 is 12.4 Å². The van der Waals surface area contributed by atoms with Crippen LogP contribution in [0.4, 0.5) is 0 Å². The second-order valence-corrected chi connectivity index (χ2v) is 1.60. The number of hydrogen-bond acceptors (Lipinski definition) is 0. The minimum absolute atomic E-state index is 0. The predicted octanol–water partition coefficient (Wildman–Crippen LogP) is -1.05. The Kier molecular flexibility index (Phi) is 27.1. The Morgan fingerprint density at radius 1 is 1.40 bits per heavy atom. The Labute approximate surface area is 86.0 Å². The number of rotatable bonds is 3. The molecule has 0 fully saturated rings. The minimum atomic E-state index is 0. The quantitative estimate of drug-likeness (QED) is 0.165. The van der Waals surface area contributed by atoms with Gasteiger partial charge < -0.3 is 24.8 Å². The summed E-state index contributed by atoms with van der Waals surface area (Å²) in [6, 6.07) is 0. The molecular formula is C8H11ClMg. The molecule has 0 aromatic rings. The molecule has 0 aliphatic carbocycles. The standard InChI is InChI=1S/C8H11.ClH.Mg/c1-3-5-7-8-6-4-2;;/h5,7H,3,6,8H2,1H3;1H;/q-1;;+2/p-1. The maximum absolute atomic E-state index is 6.55. The summed E-state index contributed by atoms with van der Waals surface area (Å²) in [6.07, 6.45) is 13.6. The molecule has 0 spiro atoms. The SMILES string of the molecule is [C-]#CCCC=CCC.[Cl-].[Mg+2]. The van der Waals surface area contributed by atoms with Crippen LogP contribution in [0.2, 0.25) is 0 Å². The van der Waals surface area contributed by atoms with Gasteiger partial charge in [-0.3, -0.25) is 0 Å². The van der Waals surface area contributed by atoms with Crippen molar-refractivity contribution in [2.45, 2.75) is 26.2 Å². The third-order valence-electron chi connectivity index (χ3n) is 0.838. The molecular weight excluding hydrogens is 156 g/mol. The average Bonchev–Trinajstić information content (AvgIpc) is 1.81. The van der Waals surface area contributed by atoms with Crippen LogP contribution in [0, 0.1) is 12.3 Å². The first-order valence-corrected chi connectivity index (χ1v) is 2.96. The molecule has 0 nitrogen and oxygen atoms in total. The topological polar surface area (TPSA) is 0 Å². The van der Waals surface area contributed by atoms with Crippen LogP contribution in [0.5, 0.6) is 0 Å². The molecule has 0 saturated heterocycles. The van der Waals surface area contributed by atoms with E-state index in [-0.39, 0.29) is 35.5 Å². The van der Waals surface area contributed by atoms with Crippen LogP contribution in [-0.4, -0.2) is 23.1 Å². The first-order valence-electron chi connectivity index (χ1n) is 2.96. The van der Waals surface area contributed by atoms with Gasteiger partial charge in [-0.25, -0.2) is 0 Å². The molecule has 0 bridgehead atoms. The summed E-state index contributed by atoms with van der Waals surface area (Å²) in [6.45, 7) is 2.10. The summed E-state index contributed by atoms with van der Waals surface area (Å²) < 4.78 is 0. The van der Waals surface area contributed by atoms with Gasteiger partial charge in [0, 0.05) is 0 Å². The van der Waals surface area contributed by atoms with Gasteiger partial charge in [0.1, 0.15) is 0 Å². The third-order valence-corrected chi connectivity index (χ3v) is 0.838. The van der Waals surface area contributed by atoms with E-state index in [0.29, 0.717) is 0 Å². The average molecular weight is 167 g/mol. The molecule has 10 heavy (non-hydrogen) atoms. The van der Waals surface area contributed by atoms with Crippen molar-refractivity contribution < 1.29 is 12.4 Å².